The van der Waals surface area contributed by atoms with E-state index in [-0.39, 0.29) is 29.8 Å². The second-order valence-electron chi connectivity index (χ2n) is 6.62. The summed E-state index contributed by atoms with van der Waals surface area (Å²) in [4.78, 5) is 26.7. The first-order valence-electron chi connectivity index (χ1n) is 8.74. The van der Waals surface area contributed by atoms with Crippen LogP contribution >= 0.6 is 0 Å². The van der Waals surface area contributed by atoms with Crippen LogP contribution in [0.15, 0.2) is 23.0 Å². The maximum atomic E-state index is 12.4. The lowest BCUT2D eigenvalue weighted by Gasteiger charge is -2.15. The quantitative estimate of drug-likeness (QED) is 0.764. The van der Waals surface area contributed by atoms with E-state index >= 15 is 0 Å². The zero-order valence-electron chi connectivity index (χ0n) is 16.2. The number of aromatic nitrogens is 1. The smallest absolute Gasteiger partial charge is 0.422 e. The molecule has 0 unspecified atom stereocenters. The summed E-state index contributed by atoms with van der Waals surface area (Å²) < 4.78 is 42.2. The number of anilines is 1. The lowest BCUT2D eigenvalue weighted by molar-refractivity contribution is -0.153. The molecule has 29 heavy (non-hydrogen) atoms. The molecule has 0 saturated carbocycles. The molecule has 0 aliphatic heterocycles. The number of nitrogens with zero attached hydrogens (tertiary/aromatic N) is 1. The fourth-order valence-corrected chi connectivity index (χ4v) is 2.88. The molecule has 0 saturated heterocycles. The first-order chi connectivity index (χ1) is 13.5. The number of nitrogens with one attached hydrogen (secondary N) is 2. The summed E-state index contributed by atoms with van der Waals surface area (Å²) in [5, 5.41) is 11.7. The van der Waals surface area contributed by atoms with Gasteiger partial charge in [0.05, 0.1) is 5.69 Å². The van der Waals surface area contributed by atoms with Crippen LogP contribution in [-0.2, 0) is 11.2 Å². The monoisotopic (exact) mass is 407 g/mol. The van der Waals surface area contributed by atoms with E-state index in [0.29, 0.717) is 22.4 Å². The lowest BCUT2D eigenvalue weighted by Crippen LogP contribution is -2.21. The van der Waals surface area contributed by atoms with E-state index in [0.717, 1.165) is 0 Å². The van der Waals surface area contributed by atoms with E-state index in [9.17, 15) is 22.8 Å². The number of carbonyl (C=O) groups is 1. The van der Waals surface area contributed by atoms with Crippen molar-refractivity contribution in [2.24, 2.45) is 0 Å². The van der Waals surface area contributed by atoms with Crippen molar-refractivity contribution in [1.29, 1.82) is 5.26 Å². The van der Waals surface area contributed by atoms with Crippen molar-refractivity contribution in [3.63, 3.8) is 0 Å². The van der Waals surface area contributed by atoms with Gasteiger partial charge in [0, 0.05) is 12.1 Å². The molecule has 0 radical (unpaired) electrons. The average Bonchev–Trinajstić information content (AvgIpc) is 2.61. The normalized spacial score (nSPS) is 11.1. The van der Waals surface area contributed by atoms with Crippen molar-refractivity contribution in [3.8, 4) is 11.8 Å². The topological polar surface area (TPSA) is 95.0 Å². The molecule has 0 aliphatic carbocycles. The molecule has 0 spiro atoms. The zero-order chi connectivity index (χ0) is 21.8. The van der Waals surface area contributed by atoms with E-state index in [1.807, 2.05) is 6.07 Å². The van der Waals surface area contributed by atoms with Gasteiger partial charge in [-0.3, -0.25) is 9.59 Å². The third-order valence-electron chi connectivity index (χ3n) is 4.32. The third kappa shape index (κ3) is 5.85. The van der Waals surface area contributed by atoms with Crippen molar-refractivity contribution in [1.82, 2.24) is 4.98 Å². The molecule has 0 aliphatic rings. The number of ether oxygens (including phenoxy) is 1. The van der Waals surface area contributed by atoms with E-state index in [1.54, 1.807) is 26.8 Å². The molecular formula is C20H20F3N3O3. The molecule has 0 atom stereocenters. The van der Waals surface area contributed by atoms with Gasteiger partial charge in [-0.15, -0.1) is 0 Å². The Labute approximate surface area is 165 Å². The van der Waals surface area contributed by atoms with Crippen molar-refractivity contribution in [2.75, 3.05) is 11.9 Å². The molecule has 2 rings (SSSR count). The Morgan fingerprint density at radius 1 is 1.28 bits per heavy atom. The summed E-state index contributed by atoms with van der Waals surface area (Å²) in [7, 11) is 0. The molecule has 1 heterocycles. The van der Waals surface area contributed by atoms with Gasteiger partial charge in [-0.05, 0) is 56.0 Å². The van der Waals surface area contributed by atoms with Crippen LogP contribution in [0.1, 0.15) is 34.4 Å². The van der Waals surface area contributed by atoms with Gasteiger partial charge in [0.25, 0.3) is 5.56 Å². The van der Waals surface area contributed by atoms with Gasteiger partial charge < -0.3 is 15.0 Å². The molecule has 0 bridgehead atoms. The van der Waals surface area contributed by atoms with Gasteiger partial charge in [0.15, 0.2) is 6.61 Å². The summed E-state index contributed by atoms with van der Waals surface area (Å²) >= 11 is 0. The van der Waals surface area contributed by atoms with Crippen LogP contribution in [-0.4, -0.2) is 23.7 Å². The predicted octanol–water partition coefficient (Wildman–Crippen LogP) is 3.68. The number of H-pyrrole nitrogens is 1. The SMILES string of the molecule is Cc1ccc(NC(=O)CCc2c(C)[nH]c(=O)c(C#N)c2C)c(OCC(F)(F)F)c1. The third-order valence-corrected chi connectivity index (χ3v) is 4.32. The molecule has 154 valence electrons. The lowest BCUT2D eigenvalue weighted by atomic mass is 9.99. The van der Waals surface area contributed by atoms with Crippen LogP contribution in [0.3, 0.4) is 0 Å². The molecule has 0 fully saturated rings. The highest BCUT2D eigenvalue weighted by molar-refractivity contribution is 5.92. The van der Waals surface area contributed by atoms with Crippen LogP contribution in [0.25, 0.3) is 0 Å². The molecule has 1 aromatic heterocycles. The van der Waals surface area contributed by atoms with Gasteiger partial charge in [-0.2, -0.15) is 18.4 Å². The van der Waals surface area contributed by atoms with E-state index in [2.05, 4.69) is 10.3 Å². The number of amides is 1. The highest BCUT2D eigenvalue weighted by atomic mass is 19.4. The predicted molar refractivity (Wildman–Crippen MR) is 101 cm³/mol. The number of benzene rings is 1. The number of aromatic amines is 1. The Hall–Kier alpha value is -3.28. The number of alkyl halides is 3. The maximum Gasteiger partial charge on any atom is 0.422 e. The molecule has 2 N–H and O–H groups in total. The van der Waals surface area contributed by atoms with Crippen LogP contribution in [0.4, 0.5) is 18.9 Å². The summed E-state index contributed by atoms with van der Waals surface area (Å²) in [5.41, 5.74) is 2.07. The molecule has 6 nitrogen and oxygen atoms in total. The highest BCUT2D eigenvalue weighted by Crippen LogP contribution is 2.28. The van der Waals surface area contributed by atoms with Crippen LogP contribution in [0.5, 0.6) is 5.75 Å². The Bertz CT molecular complexity index is 1020. The van der Waals surface area contributed by atoms with E-state index in [4.69, 9.17) is 10.00 Å². The largest absolute Gasteiger partial charge is 0.482 e. The first kappa shape index (κ1) is 22.0. The van der Waals surface area contributed by atoms with Gasteiger partial charge in [-0.1, -0.05) is 6.07 Å². The standard InChI is InChI=1S/C20H20F3N3O3/c1-11-4-6-16(17(8-11)29-10-20(21,22)23)26-18(27)7-5-14-12(2)15(9-24)19(28)25-13(14)3/h4,6,8H,5,7,10H2,1-3H3,(H,25,28)(H,26,27). The Kier molecular flexibility index (Phi) is 6.69. The number of hydrogen-bond donors (Lipinski definition) is 2. The number of aryl methyl sites for hydroxylation is 2. The molecule has 1 aromatic carbocycles. The average molecular weight is 407 g/mol. The van der Waals surface area contributed by atoms with Crippen molar-refractivity contribution >= 4 is 11.6 Å². The van der Waals surface area contributed by atoms with Crippen LogP contribution in [0, 0.1) is 32.1 Å². The van der Waals surface area contributed by atoms with Crippen molar-refractivity contribution in [3.05, 3.63) is 56.5 Å². The molecule has 2 aromatic rings. The van der Waals surface area contributed by atoms with E-state index < -0.39 is 24.2 Å². The number of pyridine rings is 1. The van der Waals surface area contributed by atoms with Gasteiger partial charge in [0.1, 0.15) is 17.4 Å². The van der Waals surface area contributed by atoms with Crippen molar-refractivity contribution < 1.29 is 22.7 Å². The minimum Gasteiger partial charge on any atom is -0.482 e. The minimum absolute atomic E-state index is 0.00514. The molecule has 1 amide bonds. The second-order valence-corrected chi connectivity index (χ2v) is 6.62. The molecule has 9 heteroatoms. The van der Waals surface area contributed by atoms with Gasteiger partial charge >= 0.3 is 6.18 Å². The number of rotatable bonds is 6. The Morgan fingerprint density at radius 3 is 2.59 bits per heavy atom. The van der Waals surface area contributed by atoms with Crippen LogP contribution < -0.4 is 15.6 Å². The number of halogens is 3. The summed E-state index contributed by atoms with van der Waals surface area (Å²) in [6, 6.07) is 6.38. The Morgan fingerprint density at radius 2 is 1.97 bits per heavy atom. The number of nitriles is 1. The van der Waals surface area contributed by atoms with Gasteiger partial charge in [0.2, 0.25) is 5.91 Å². The minimum atomic E-state index is -4.50. The van der Waals surface area contributed by atoms with E-state index in [1.165, 1.54) is 12.1 Å². The second kappa shape index (κ2) is 8.82. The first-order valence-corrected chi connectivity index (χ1v) is 8.74. The summed E-state index contributed by atoms with van der Waals surface area (Å²) in [6.07, 6.45) is -4.24. The summed E-state index contributed by atoms with van der Waals surface area (Å²) in [5.74, 6) is -0.506. The van der Waals surface area contributed by atoms with Gasteiger partial charge in [-0.25, -0.2) is 0 Å². The highest BCUT2D eigenvalue weighted by Gasteiger charge is 2.29. The maximum absolute atomic E-state index is 12.4. The number of carbonyl (C=O) groups excluding carboxylic acids is 1. The molecular weight excluding hydrogens is 387 g/mol. The van der Waals surface area contributed by atoms with Crippen molar-refractivity contribution in [2.45, 2.75) is 39.8 Å². The fourth-order valence-electron chi connectivity index (χ4n) is 2.88. The zero-order valence-corrected chi connectivity index (χ0v) is 16.2. The fraction of sp³-hybridized carbons (Fsp3) is 0.350. The summed E-state index contributed by atoms with van der Waals surface area (Å²) in [6.45, 7) is 3.54. The number of hydrogen-bond acceptors (Lipinski definition) is 4. The Balaban J connectivity index is 2.13. The van der Waals surface area contributed by atoms with Crippen LogP contribution in [0.2, 0.25) is 0 Å².